The van der Waals surface area contributed by atoms with Crippen LogP contribution in [-0.2, 0) is 18.9 Å². The molecule has 38 heavy (non-hydrogen) atoms. The van der Waals surface area contributed by atoms with Gasteiger partial charge in [0.25, 0.3) is 0 Å². The molecule has 0 radical (unpaired) electrons. The maximum Gasteiger partial charge on any atom is 0.433 e. The molecule has 3 aromatic heterocycles. The first-order valence-electron chi connectivity index (χ1n) is 11.8. The van der Waals surface area contributed by atoms with E-state index in [1.807, 2.05) is 11.9 Å². The van der Waals surface area contributed by atoms with Gasteiger partial charge >= 0.3 is 12.4 Å². The molecule has 0 saturated carbocycles. The van der Waals surface area contributed by atoms with Crippen molar-refractivity contribution in [1.29, 1.82) is 0 Å². The van der Waals surface area contributed by atoms with Crippen LogP contribution in [0.3, 0.4) is 0 Å². The number of alkyl halides is 6. The highest BCUT2D eigenvalue weighted by atomic mass is 19.4. The molecular weight excluding hydrogens is 510 g/mol. The topological polar surface area (TPSA) is 66.8 Å². The highest BCUT2D eigenvalue weighted by molar-refractivity contribution is 5.93. The van der Waals surface area contributed by atoms with Crippen LogP contribution in [0.4, 0.5) is 37.8 Å². The lowest BCUT2D eigenvalue weighted by molar-refractivity contribution is -0.141. The summed E-state index contributed by atoms with van der Waals surface area (Å²) in [4.78, 5) is 18.6. The Morgan fingerprint density at radius 3 is 2.37 bits per heavy atom. The van der Waals surface area contributed by atoms with Crippen molar-refractivity contribution < 1.29 is 26.3 Å². The average molecular weight is 535 g/mol. The van der Waals surface area contributed by atoms with Gasteiger partial charge in [-0.25, -0.2) is 15.0 Å². The minimum absolute atomic E-state index is 0.219. The number of aromatic nitrogens is 4. The van der Waals surface area contributed by atoms with Crippen molar-refractivity contribution in [3.8, 4) is 11.3 Å². The lowest BCUT2D eigenvalue weighted by Gasteiger charge is -2.17. The molecule has 0 saturated heterocycles. The van der Waals surface area contributed by atoms with E-state index >= 15 is 0 Å². The summed E-state index contributed by atoms with van der Waals surface area (Å²) in [6, 6.07) is 8.81. The smallest absolute Gasteiger partial charge is 0.338 e. The fourth-order valence-electron chi connectivity index (χ4n) is 3.88. The number of hydrogen-bond donors (Lipinski definition) is 1. The van der Waals surface area contributed by atoms with Crippen LogP contribution in [-0.4, -0.2) is 38.4 Å². The molecule has 4 rings (SSSR count). The number of halogens is 6. The van der Waals surface area contributed by atoms with Crippen molar-refractivity contribution in [3.63, 3.8) is 0 Å². The number of hydrogen-bond acceptors (Lipinski definition) is 6. The van der Waals surface area contributed by atoms with Gasteiger partial charge in [0.05, 0.1) is 35.2 Å². The van der Waals surface area contributed by atoms with Gasteiger partial charge in [0.15, 0.2) is 0 Å². The molecule has 6 nitrogen and oxygen atoms in total. The molecule has 3 heterocycles. The maximum atomic E-state index is 13.6. The molecule has 0 bridgehead atoms. The summed E-state index contributed by atoms with van der Waals surface area (Å²) >= 11 is 0. The molecule has 0 amide bonds. The van der Waals surface area contributed by atoms with E-state index in [1.54, 1.807) is 6.07 Å². The maximum absolute atomic E-state index is 13.6. The van der Waals surface area contributed by atoms with E-state index in [-0.39, 0.29) is 16.9 Å². The molecule has 0 aliphatic rings. The van der Waals surface area contributed by atoms with Gasteiger partial charge < -0.3 is 5.32 Å². The SMILES string of the molecule is CCCCN(C)Cc1nc(Nc2ccc(C(F)(F)F)nc2)c2ccc(-c3ncccc3C(F)(F)F)cc2n1. The largest absolute Gasteiger partial charge is 0.433 e. The van der Waals surface area contributed by atoms with Crippen LogP contribution in [0.5, 0.6) is 0 Å². The summed E-state index contributed by atoms with van der Waals surface area (Å²) in [7, 11) is 1.90. The van der Waals surface area contributed by atoms with E-state index in [4.69, 9.17) is 0 Å². The van der Waals surface area contributed by atoms with Gasteiger partial charge in [-0.05, 0) is 56.4 Å². The zero-order chi connectivity index (χ0) is 27.5. The van der Waals surface area contributed by atoms with Crippen molar-refractivity contribution in [1.82, 2.24) is 24.8 Å². The third-order valence-corrected chi connectivity index (χ3v) is 5.75. The number of nitrogens with one attached hydrogen (secondary N) is 1. The van der Waals surface area contributed by atoms with Gasteiger partial charge in [-0.2, -0.15) is 26.3 Å². The molecule has 0 atom stereocenters. The Morgan fingerprint density at radius 2 is 1.71 bits per heavy atom. The molecule has 0 aliphatic carbocycles. The molecular formula is C26H24F6N6. The summed E-state index contributed by atoms with van der Waals surface area (Å²) in [5.41, 5.74) is -1.30. The fraction of sp³-hybridized carbons (Fsp3) is 0.308. The molecule has 0 fully saturated rings. The standard InChI is InChI=1S/C26H24F6N6/c1-3-4-12-38(2)15-22-36-20-13-16(23-19(25(27,28)29)6-5-11-33-23)7-9-18(20)24(37-22)35-17-8-10-21(34-14-17)26(30,31)32/h5-11,13-14H,3-4,12,15H2,1-2H3,(H,35,36,37). The minimum Gasteiger partial charge on any atom is -0.338 e. The Bertz CT molecular complexity index is 1400. The third-order valence-electron chi connectivity index (χ3n) is 5.75. The Hall–Kier alpha value is -3.80. The molecule has 200 valence electrons. The number of fused-ring (bicyclic) bond motifs is 1. The van der Waals surface area contributed by atoms with E-state index in [2.05, 4.69) is 32.2 Å². The first-order chi connectivity index (χ1) is 18.0. The number of anilines is 2. The third kappa shape index (κ3) is 6.36. The summed E-state index contributed by atoms with van der Waals surface area (Å²) in [6.07, 6.45) is -4.90. The van der Waals surface area contributed by atoms with Crippen LogP contribution in [0.1, 0.15) is 36.8 Å². The van der Waals surface area contributed by atoms with Crippen LogP contribution < -0.4 is 5.32 Å². The number of benzene rings is 1. The monoisotopic (exact) mass is 534 g/mol. The van der Waals surface area contributed by atoms with Crippen molar-refractivity contribution in [2.24, 2.45) is 0 Å². The summed E-state index contributed by atoms with van der Waals surface area (Å²) in [5, 5.41) is 3.45. The zero-order valence-corrected chi connectivity index (χ0v) is 20.5. The van der Waals surface area contributed by atoms with E-state index in [0.717, 1.165) is 37.7 Å². The van der Waals surface area contributed by atoms with Crippen LogP contribution in [0.15, 0.2) is 54.9 Å². The van der Waals surface area contributed by atoms with Gasteiger partial charge in [0.2, 0.25) is 0 Å². The summed E-state index contributed by atoms with van der Waals surface area (Å²) in [6.45, 7) is 3.21. The Kier molecular flexibility index (Phi) is 7.81. The molecule has 1 aromatic carbocycles. The zero-order valence-electron chi connectivity index (χ0n) is 20.5. The molecule has 0 unspecified atom stereocenters. The predicted octanol–water partition coefficient (Wildman–Crippen LogP) is 7.10. The van der Waals surface area contributed by atoms with Gasteiger partial charge in [-0.1, -0.05) is 19.4 Å². The van der Waals surface area contributed by atoms with Crippen LogP contribution in [0.25, 0.3) is 22.2 Å². The Morgan fingerprint density at radius 1 is 0.921 bits per heavy atom. The number of rotatable bonds is 8. The molecule has 1 N–H and O–H groups in total. The van der Waals surface area contributed by atoms with Crippen molar-refractivity contribution in [2.75, 3.05) is 18.9 Å². The van der Waals surface area contributed by atoms with Gasteiger partial charge in [-0.3, -0.25) is 9.88 Å². The number of unbranched alkanes of at least 4 members (excludes halogenated alkanes) is 1. The van der Waals surface area contributed by atoms with Gasteiger partial charge in [-0.15, -0.1) is 0 Å². The molecule has 4 aromatic rings. The minimum atomic E-state index is -4.60. The highest BCUT2D eigenvalue weighted by Crippen LogP contribution is 2.37. The van der Waals surface area contributed by atoms with E-state index in [9.17, 15) is 26.3 Å². The Labute approximate surface area is 214 Å². The quantitative estimate of drug-likeness (QED) is 0.243. The first-order valence-corrected chi connectivity index (χ1v) is 11.8. The van der Waals surface area contributed by atoms with Crippen LogP contribution in [0, 0.1) is 0 Å². The van der Waals surface area contributed by atoms with Gasteiger partial charge in [0.1, 0.15) is 17.3 Å². The van der Waals surface area contributed by atoms with Crippen LogP contribution in [0.2, 0.25) is 0 Å². The second kappa shape index (κ2) is 10.9. The molecule has 12 heteroatoms. The first kappa shape index (κ1) is 27.2. The lowest BCUT2D eigenvalue weighted by Crippen LogP contribution is -2.20. The second-order valence-corrected chi connectivity index (χ2v) is 8.76. The highest BCUT2D eigenvalue weighted by Gasteiger charge is 2.34. The summed E-state index contributed by atoms with van der Waals surface area (Å²) < 4.78 is 79.6. The molecule has 0 spiro atoms. The summed E-state index contributed by atoms with van der Waals surface area (Å²) in [5.74, 6) is 0.687. The molecule has 0 aliphatic heterocycles. The number of pyridine rings is 2. The van der Waals surface area contributed by atoms with E-state index in [0.29, 0.717) is 29.1 Å². The van der Waals surface area contributed by atoms with E-state index in [1.165, 1.54) is 30.5 Å². The normalized spacial score (nSPS) is 12.3. The average Bonchev–Trinajstić information content (AvgIpc) is 2.86. The fourth-order valence-corrected chi connectivity index (χ4v) is 3.88. The lowest BCUT2D eigenvalue weighted by atomic mass is 10.0. The Balaban J connectivity index is 1.78. The van der Waals surface area contributed by atoms with Crippen LogP contribution >= 0.6 is 0 Å². The number of nitrogens with zero attached hydrogens (tertiary/aromatic N) is 5. The van der Waals surface area contributed by atoms with Gasteiger partial charge in [0, 0.05) is 17.1 Å². The van der Waals surface area contributed by atoms with Crippen molar-refractivity contribution in [3.05, 3.63) is 71.9 Å². The predicted molar refractivity (Wildman–Crippen MR) is 132 cm³/mol. The van der Waals surface area contributed by atoms with Crippen molar-refractivity contribution in [2.45, 2.75) is 38.7 Å². The van der Waals surface area contributed by atoms with E-state index < -0.39 is 23.6 Å². The second-order valence-electron chi connectivity index (χ2n) is 8.76. The van der Waals surface area contributed by atoms with Crippen molar-refractivity contribution >= 4 is 22.4 Å².